The van der Waals surface area contributed by atoms with Crippen LogP contribution in [0, 0.1) is 0 Å². The van der Waals surface area contributed by atoms with Crippen molar-refractivity contribution in [2.24, 2.45) is 5.73 Å². The van der Waals surface area contributed by atoms with E-state index >= 15 is 0 Å². The van der Waals surface area contributed by atoms with Crippen molar-refractivity contribution >= 4 is 34.5 Å². The van der Waals surface area contributed by atoms with Gasteiger partial charge in [0.2, 0.25) is 0 Å². The molecule has 1 aromatic heterocycles. The molecule has 17 heavy (non-hydrogen) atoms. The summed E-state index contributed by atoms with van der Waals surface area (Å²) < 4.78 is 5.78. The number of halogens is 2. The van der Waals surface area contributed by atoms with Gasteiger partial charge in [-0.1, -0.05) is 23.2 Å². The van der Waals surface area contributed by atoms with Gasteiger partial charge < -0.3 is 10.5 Å². The second kappa shape index (κ2) is 5.74. The molecule has 0 fully saturated rings. The van der Waals surface area contributed by atoms with E-state index in [4.69, 9.17) is 33.7 Å². The lowest BCUT2D eigenvalue weighted by molar-refractivity contribution is 0.215. The fourth-order valence-corrected chi connectivity index (χ4v) is 2.41. The van der Waals surface area contributed by atoms with Crippen LogP contribution in [0.2, 0.25) is 10.0 Å². The van der Waals surface area contributed by atoms with Crippen LogP contribution in [0.3, 0.4) is 0 Å². The Morgan fingerprint density at radius 1 is 1.24 bits per heavy atom. The van der Waals surface area contributed by atoms with Crippen molar-refractivity contribution in [3.63, 3.8) is 0 Å². The van der Waals surface area contributed by atoms with Crippen LogP contribution >= 0.6 is 34.5 Å². The van der Waals surface area contributed by atoms with Gasteiger partial charge in [-0.2, -0.15) is 11.3 Å². The van der Waals surface area contributed by atoms with Gasteiger partial charge in [0.15, 0.2) is 0 Å². The molecule has 1 atom stereocenters. The molecule has 0 bridgehead atoms. The molecule has 1 aromatic carbocycles. The van der Waals surface area contributed by atoms with Crippen LogP contribution in [-0.4, -0.2) is 6.54 Å². The molecule has 2 nitrogen and oxygen atoms in total. The normalized spacial score (nSPS) is 12.4. The highest BCUT2D eigenvalue weighted by molar-refractivity contribution is 7.07. The Kier molecular flexibility index (Phi) is 4.29. The van der Waals surface area contributed by atoms with Crippen molar-refractivity contribution in [3.8, 4) is 5.75 Å². The van der Waals surface area contributed by atoms with Gasteiger partial charge in [-0.15, -0.1) is 0 Å². The summed E-state index contributed by atoms with van der Waals surface area (Å²) in [6, 6.07) is 7.18. The monoisotopic (exact) mass is 287 g/mol. The summed E-state index contributed by atoms with van der Waals surface area (Å²) in [5, 5.41) is 5.01. The number of hydrogen-bond donors (Lipinski definition) is 1. The molecule has 0 aliphatic carbocycles. The van der Waals surface area contributed by atoms with Gasteiger partial charge in [-0.3, -0.25) is 0 Å². The van der Waals surface area contributed by atoms with E-state index in [1.54, 1.807) is 29.5 Å². The number of nitrogens with two attached hydrogens (primary N) is 1. The minimum absolute atomic E-state index is 0.154. The predicted octanol–water partition coefficient (Wildman–Crippen LogP) is 4.13. The van der Waals surface area contributed by atoms with Gasteiger partial charge in [-0.05, 0) is 29.0 Å². The minimum atomic E-state index is -0.154. The maximum atomic E-state index is 5.92. The minimum Gasteiger partial charge on any atom is -0.484 e. The average Bonchev–Trinajstić information content (AvgIpc) is 2.84. The zero-order valence-corrected chi connectivity index (χ0v) is 11.2. The lowest BCUT2D eigenvalue weighted by Crippen LogP contribution is -2.17. The van der Waals surface area contributed by atoms with Crippen LogP contribution in [0.5, 0.6) is 5.75 Å². The molecule has 2 aromatic rings. The molecule has 0 radical (unpaired) electrons. The third-order valence-corrected chi connectivity index (χ3v) is 3.74. The zero-order valence-electron chi connectivity index (χ0n) is 8.90. The van der Waals surface area contributed by atoms with Crippen molar-refractivity contribution in [2.45, 2.75) is 6.10 Å². The molecule has 1 heterocycles. The Labute approximate surface area is 114 Å². The van der Waals surface area contributed by atoms with E-state index in [0.29, 0.717) is 22.3 Å². The number of ether oxygens (including phenoxy) is 1. The molecule has 1 unspecified atom stereocenters. The Morgan fingerprint density at radius 2 is 2.06 bits per heavy atom. The molecule has 90 valence electrons. The summed E-state index contributed by atoms with van der Waals surface area (Å²) in [7, 11) is 0. The van der Waals surface area contributed by atoms with E-state index in [9.17, 15) is 0 Å². The Morgan fingerprint density at radius 3 is 2.65 bits per heavy atom. The first kappa shape index (κ1) is 12.7. The van der Waals surface area contributed by atoms with Crippen molar-refractivity contribution < 1.29 is 4.74 Å². The average molecular weight is 288 g/mol. The third kappa shape index (κ3) is 3.13. The number of hydrogen-bond acceptors (Lipinski definition) is 3. The predicted molar refractivity (Wildman–Crippen MR) is 73.2 cm³/mol. The highest BCUT2D eigenvalue weighted by Crippen LogP contribution is 2.29. The molecule has 5 heteroatoms. The van der Waals surface area contributed by atoms with E-state index in [1.165, 1.54) is 0 Å². The number of thiophene rings is 1. The van der Waals surface area contributed by atoms with Gasteiger partial charge >= 0.3 is 0 Å². The van der Waals surface area contributed by atoms with Crippen molar-refractivity contribution in [3.05, 3.63) is 50.6 Å². The van der Waals surface area contributed by atoms with Crippen LogP contribution in [0.4, 0.5) is 0 Å². The molecular weight excluding hydrogens is 277 g/mol. The maximum Gasteiger partial charge on any atom is 0.137 e. The summed E-state index contributed by atoms with van der Waals surface area (Å²) in [6.07, 6.45) is -0.154. The maximum absolute atomic E-state index is 5.92. The van der Waals surface area contributed by atoms with Crippen LogP contribution in [-0.2, 0) is 0 Å². The van der Waals surface area contributed by atoms with Crippen LogP contribution in [0.1, 0.15) is 11.7 Å². The van der Waals surface area contributed by atoms with Crippen molar-refractivity contribution in [1.82, 2.24) is 0 Å². The molecule has 0 saturated carbocycles. The van der Waals surface area contributed by atoms with Gasteiger partial charge in [-0.25, -0.2) is 0 Å². The summed E-state index contributed by atoms with van der Waals surface area (Å²) in [4.78, 5) is 0. The van der Waals surface area contributed by atoms with E-state index in [1.807, 2.05) is 16.8 Å². The highest BCUT2D eigenvalue weighted by atomic mass is 35.5. The Balaban J connectivity index is 2.16. The fraction of sp³-hybridized carbons (Fsp3) is 0.167. The standard InChI is InChI=1S/C12H11Cl2NOS/c13-10-2-1-9(5-11(10)14)16-12(6-15)8-3-4-17-7-8/h1-5,7,12H,6,15H2. The molecule has 0 spiro atoms. The van der Waals surface area contributed by atoms with E-state index in [-0.39, 0.29) is 6.10 Å². The number of benzene rings is 1. The third-order valence-electron chi connectivity index (χ3n) is 2.30. The van der Waals surface area contributed by atoms with Gasteiger partial charge in [0.25, 0.3) is 0 Å². The molecular formula is C12H11Cl2NOS. The van der Waals surface area contributed by atoms with E-state index < -0.39 is 0 Å². The Hall–Kier alpha value is -0.740. The second-order valence-corrected chi connectivity index (χ2v) is 5.07. The van der Waals surface area contributed by atoms with Gasteiger partial charge in [0.1, 0.15) is 11.9 Å². The first-order valence-corrected chi connectivity index (χ1v) is 6.74. The number of rotatable bonds is 4. The topological polar surface area (TPSA) is 35.2 Å². The van der Waals surface area contributed by atoms with Gasteiger partial charge in [0.05, 0.1) is 10.0 Å². The second-order valence-electron chi connectivity index (χ2n) is 3.47. The van der Waals surface area contributed by atoms with Crippen molar-refractivity contribution in [2.75, 3.05) is 6.54 Å². The first-order chi connectivity index (χ1) is 8.20. The molecule has 2 rings (SSSR count). The quantitative estimate of drug-likeness (QED) is 0.918. The highest BCUT2D eigenvalue weighted by Gasteiger charge is 2.12. The van der Waals surface area contributed by atoms with Crippen LogP contribution < -0.4 is 10.5 Å². The SMILES string of the molecule is NCC(Oc1ccc(Cl)c(Cl)c1)c1ccsc1. The zero-order chi connectivity index (χ0) is 12.3. The van der Waals surface area contributed by atoms with Crippen LogP contribution in [0.15, 0.2) is 35.0 Å². The summed E-state index contributed by atoms with van der Waals surface area (Å²) in [6.45, 7) is 0.414. The van der Waals surface area contributed by atoms with Gasteiger partial charge in [0, 0.05) is 18.2 Å². The lowest BCUT2D eigenvalue weighted by atomic mass is 10.2. The summed E-state index contributed by atoms with van der Waals surface area (Å²) in [5.74, 6) is 0.668. The molecule has 2 N–H and O–H groups in total. The molecule has 0 aliphatic rings. The molecule has 0 saturated heterocycles. The summed E-state index contributed by atoms with van der Waals surface area (Å²) >= 11 is 13.4. The smallest absolute Gasteiger partial charge is 0.137 e. The lowest BCUT2D eigenvalue weighted by Gasteiger charge is -2.16. The van der Waals surface area contributed by atoms with Crippen LogP contribution in [0.25, 0.3) is 0 Å². The molecule has 0 amide bonds. The van der Waals surface area contributed by atoms with E-state index in [2.05, 4.69) is 0 Å². The fourth-order valence-electron chi connectivity index (χ4n) is 1.42. The first-order valence-electron chi connectivity index (χ1n) is 5.04. The van der Waals surface area contributed by atoms with Crippen molar-refractivity contribution in [1.29, 1.82) is 0 Å². The van der Waals surface area contributed by atoms with E-state index in [0.717, 1.165) is 5.56 Å². The summed E-state index contributed by atoms with van der Waals surface area (Å²) in [5.41, 5.74) is 6.77. The molecule has 0 aliphatic heterocycles. The largest absolute Gasteiger partial charge is 0.484 e. The Bertz CT molecular complexity index is 487.